The van der Waals surface area contributed by atoms with E-state index in [2.05, 4.69) is 17.9 Å². The van der Waals surface area contributed by atoms with Gasteiger partial charge in [-0.2, -0.15) is 12.6 Å². The molecule has 0 saturated heterocycles. The van der Waals surface area contributed by atoms with Crippen molar-refractivity contribution in [3.05, 3.63) is 29.3 Å². The highest BCUT2D eigenvalue weighted by molar-refractivity contribution is 7.81. The zero-order chi connectivity index (χ0) is 13.2. The topological polar surface area (TPSA) is 29.1 Å². The van der Waals surface area contributed by atoms with Gasteiger partial charge < -0.3 is 5.32 Å². The zero-order valence-electron chi connectivity index (χ0n) is 9.92. The van der Waals surface area contributed by atoms with Crippen LogP contribution in [-0.4, -0.2) is 11.2 Å². The molecule has 1 unspecified atom stereocenters. The van der Waals surface area contributed by atoms with Gasteiger partial charge in [-0.15, -0.1) is 0 Å². The predicted octanol–water partition coefficient (Wildman–Crippen LogP) is 3.17. The van der Waals surface area contributed by atoms with Gasteiger partial charge in [0, 0.05) is 0 Å². The minimum Gasteiger partial charge on any atom is -0.320 e. The van der Waals surface area contributed by atoms with E-state index in [1.807, 2.05) is 0 Å². The maximum Gasteiger partial charge on any atom is 0.237 e. The van der Waals surface area contributed by atoms with Crippen molar-refractivity contribution in [2.24, 2.45) is 5.92 Å². The number of aryl methyl sites for hydroxylation is 1. The Hall–Kier alpha value is -1.10. The Bertz CT molecular complexity index is 435. The number of hydrogen-bond acceptors (Lipinski definition) is 2. The Morgan fingerprint density at radius 2 is 1.94 bits per heavy atom. The number of anilines is 1. The van der Waals surface area contributed by atoms with Crippen LogP contribution in [0.1, 0.15) is 19.4 Å². The second-order valence-corrected chi connectivity index (χ2v) is 4.79. The molecule has 1 atom stereocenters. The first-order valence-corrected chi connectivity index (χ1v) is 5.79. The number of halogens is 2. The highest BCUT2D eigenvalue weighted by atomic mass is 32.1. The maximum atomic E-state index is 13.6. The normalized spacial score (nSPS) is 12.6. The molecule has 2 nitrogen and oxygen atoms in total. The van der Waals surface area contributed by atoms with E-state index in [0.29, 0.717) is 0 Å². The Morgan fingerprint density at radius 3 is 2.47 bits per heavy atom. The lowest BCUT2D eigenvalue weighted by molar-refractivity contribution is -0.116. The number of thiol groups is 1. The molecule has 0 bridgehead atoms. The van der Waals surface area contributed by atoms with Crippen LogP contribution in [0, 0.1) is 24.5 Å². The van der Waals surface area contributed by atoms with Gasteiger partial charge in [0.15, 0.2) is 5.82 Å². The Morgan fingerprint density at radius 1 is 1.35 bits per heavy atom. The number of nitrogens with one attached hydrogen (secondary N) is 1. The average molecular weight is 259 g/mol. The molecule has 0 saturated carbocycles. The highest BCUT2D eigenvalue weighted by Gasteiger charge is 2.21. The second kappa shape index (κ2) is 5.49. The average Bonchev–Trinajstić information content (AvgIpc) is 2.28. The first-order chi connectivity index (χ1) is 7.84. The van der Waals surface area contributed by atoms with Crippen LogP contribution in [0.3, 0.4) is 0 Å². The van der Waals surface area contributed by atoms with Gasteiger partial charge in [0.1, 0.15) is 11.5 Å². The van der Waals surface area contributed by atoms with E-state index in [9.17, 15) is 13.6 Å². The van der Waals surface area contributed by atoms with Gasteiger partial charge in [-0.05, 0) is 24.5 Å². The summed E-state index contributed by atoms with van der Waals surface area (Å²) in [6.07, 6.45) is 0. The van der Waals surface area contributed by atoms with Crippen LogP contribution in [0.15, 0.2) is 12.1 Å². The van der Waals surface area contributed by atoms with Crippen molar-refractivity contribution >= 4 is 24.2 Å². The monoisotopic (exact) mass is 259 g/mol. The third-order valence-corrected chi connectivity index (χ3v) is 3.26. The van der Waals surface area contributed by atoms with Crippen molar-refractivity contribution < 1.29 is 13.6 Å². The lowest BCUT2D eigenvalue weighted by Crippen LogP contribution is -2.28. The molecule has 0 aliphatic heterocycles. The van der Waals surface area contributed by atoms with E-state index >= 15 is 0 Å². The van der Waals surface area contributed by atoms with Crippen LogP contribution in [0.5, 0.6) is 0 Å². The molecule has 1 aromatic rings. The molecular weight excluding hydrogens is 244 g/mol. The number of amides is 1. The standard InChI is InChI=1S/C12H15F2NOS/c1-6(2)11(17)12(16)15-10-8(13)5-4-7(3)9(10)14/h4-6,11,17H,1-3H3,(H,15,16). The third-order valence-electron chi connectivity index (χ3n) is 2.43. The van der Waals surface area contributed by atoms with Crippen LogP contribution in [0.25, 0.3) is 0 Å². The van der Waals surface area contributed by atoms with E-state index in [-0.39, 0.29) is 11.5 Å². The first-order valence-electron chi connectivity index (χ1n) is 5.28. The largest absolute Gasteiger partial charge is 0.320 e. The van der Waals surface area contributed by atoms with Gasteiger partial charge in [0.25, 0.3) is 0 Å². The Kier molecular flexibility index (Phi) is 4.51. The first kappa shape index (κ1) is 14.0. The van der Waals surface area contributed by atoms with Crippen LogP contribution >= 0.6 is 12.6 Å². The summed E-state index contributed by atoms with van der Waals surface area (Å²) in [5.41, 5.74) is -0.128. The van der Waals surface area contributed by atoms with Crippen LogP contribution < -0.4 is 5.32 Å². The second-order valence-electron chi connectivity index (χ2n) is 4.23. The smallest absolute Gasteiger partial charge is 0.237 e. The van der Waals surface area contributed by atoms with E-state index < -0.39 is 28.5 Å². The zero-order valence-corrected chi connectivity index (χ0v) is 10.8. The van der Waals surface area contributed by atoms with Gasteiger partial charge in [0.05, 0.1) is 5.25 Å². The molecule has 0 aromatic heterocycles. The lowest BCUT2D eigenvalue weighted by Gasteiger charge is -2.15. The fourth-order valence-electron chi connectivity index (χ4n) is 1.27. The molecule has 0 heterocycles. The third kappa shape index (κ3) is 3.19. The molecule has 1 amide bonds. The fourth-order valence-corrected chi connectivity index (χ4v) is 1.34. The van der Waals surface area contributed by atoms with Crippen LogP contribution in [0.2, 0.25) is 0 Å². The Balaban J connectivity index is 2.96. The summed E-state index contributed by atoms with van der Waals surface area (Å²) in [6.45, 7) is 5.12. The molecule has 17 heavy (non-hydrogen) atoms. The van der Waals surface area contributed by atoms with Gasteiger partial charge in [-0.25, -0.2) is 8.78 Å². The summed E-state index contributed by atoms with van der Waals surface area (Å²) in [5, 5.41) is 1.63. The molecule has 1 N–H and O–H groups in total. The van der Waals surface area contributed by atoms with Crippen molar-refractivity contribution in [3.63, 3.8) is 0 Å². The molecule has 0 spiro atoms. The van der Waals surface area contributed by atoms with Gasteiger partial charge >= 0.3 is 0 Å². The molecule has 0 fully saturated rings. The predicted molar refractivity (Wildman–Crippen MR) is 67.3 cm³/mol. The Labute approximate surface area is 105 Å². The number of rotatable bonds is 3. The summed E-state index contributed by atoms with van der Waals surface area (Å²) in [7, 11) is 0. The van der Waals surface area contributed by atoms with Crippen molar-refractivity contribution in [2.75, 3.05) is 5.32 Å². The molecule has 0 aliphatic carbocycles. The summed E-state index contributed by atoms with van der Waals surface area (Å²) in [6, 6.07) is 2.44. The molecule has 0 aliphatic rings. The number of carbonyl (C=O) groups is 1. The van der Waals surface area contributed by atoms with E-state index in [0.717, 1.165) is 6.07 Å². The van der Waals surface area contributed by atoms with Crippen molar-refractivity contribution in [2.45, 2.75) is 26.0 Å². The fraction of sp³-hybridized carbons (Fsp3) is 0.417. The quantitative estimate of drug-likeness (QED) is 0.802. The summed E-state index contributed by atoms with van der Waals surface area (Å²) >= 11 is 4.09. The van der Waals surface area contributed by atoms with E-state index in [1.54, 1.807) is 13.8 Å². The number of hydrogen-bond donors (Lipinski definition) is 2. The highest BCUT2D eigenvalue weighted by Crippen LogP contribution is 2.22. The van der Waals surface area contributed by atoms with Crippen molar-refractivity contribution in [1.29, 1.82) is 0 Å². The van der Waals surface area contributed by atoms with Crippen molar-refractivity contribution in [3.8, 4) is 0 Å². The van der Waals surface area contributed by atoms with Gasteiger partial charge in [0.2, 0.25) is 5.91 Å². The number of carbonyl (C=O) groups excluding carboxylic acids is 1. The van der Waals surface area contributed by atoms with Crippen LogP contribution in [-0.2, 0) is 4.79 Å². The summed E-state index contributed by atoms with van der Waals surface area (Å²) < 4.78 is 27.0. The minimum atomic E-state index is -0.786. The maximum absolute atomic E-state index is 13.6. The van der Waals surface area contributed by atoms with Gasteiger partial charge in [-0.1, -0.05) is 19.9 Å². The minimum absolute atomic E-state index is 0.0192. The van der Waals surface area contributed by atoms with Crippen LogP contribution in [0.4, 0.5) is 14.5 Å². The molecule has 94 valence electrons. The molecule has 0 radical (unpaired) electrons. The molecule has 1 aromatic carbocycles. The SMILES string of the molecule is Cc1ccc(F)c(NC(=O)C(S)C(C)C)c1F. The van der Waals surface area contributed by atoms with Gasteiger partial charge in [-0.3, -0.25) is 4.79 Å². The molecule has 5 heteroatoms. The van der Waals surface area contributed by atoms with E-state index in [1.165, 1.54) is 13.0 Å². The van der Waals surface area contributed by atoms with Crippen molar-refractivity contribution in [1.82, 2.24) is 0 Å². The summed E-state index contributed by atoms with van der Waals surface area (Å²) in [4.78, 5) is 11.6. The number of benzene rings is 1. The molecule has 1 rings (SSSR count). The molecular formula is C12H15F2NOS. The summed E-state index contributed by atoms with van der Waals surface area (Å²) in [5.74, 6) is -2.06. The van der Waals surface area contributed by atoms with E-state index in [4.69, 9.17) is 0 Å². The lowest BCUT2D eigenvalue weighted by atomic mass is 10.1.